The molecule has 4 heteroatoms. The average Bonchev–Trinajstić information content (AvgIpc) is 2.81. The maximum absolute atomic E-state index is 11.7. The van der Waals surface area contributed by atoms with E-state index in [1.54, 1.807) is 0 Å². The van der Waals surface area contributed by atoms with E-state index in [0.717, 1.165) is 41.5 Å². The monoisotopic (exact) mass is 432 g/mol. The number of aliphatic carboxylic acids is 1. The zero-order valence-corrected chi connectivity index (χ0v) is 18.4. The fourth-order valence-corrected chi connectivity index (χ4v) is 3.95. The van der Waals surface area contributed by atoms with E-state index in [1.807, 2.05) is 42.5 Å². The van der Waals surface area contributed by atoms with E-state index in [4.69, 9.17) is 10.2 Å². The SMILES string of the molecule is O=C(O)C(CCCc1ccccc1)CCc1ccc(-c2ccc(CCC(O)O)cc2)cc1. The van der Waals surface area contributed by atoms with Crippen molar-refractivity contribution in [2.24, 2.45) is 5.92 Å². The number of rotatable bonds is 12. The summed E-state index contributed by atoms with van der Waals surface area (Å²) in [6.07, 6.45) is 3.59. The van der Waals surface area contributed by atoms with E-state index in [9.17, 15) is 9.90 Å². The molecule has 0 aliphatic rings. The maximum atomic E-state index is 11.7. The molecule has 3 aromatic rings. The first kappa shape index (κ1) is 23.7. The van der Waals surface area contributed by atoms with E-state index in [2.05, 4.69) is 36.4 Å². The standard InChI is InChI=1S/C28H32O4/c29-27(30)20-14-23-11-17-25(18-12-23)24-15-9-22(10-16-24)13-19-26(28(31)32)8-4-7-21-5-2-1-3-6-21/h1-3,5-6,9-12,15-18,26-27,29-30H,4,7-8,13-14,19-20H2,(H,31,32). The number of carbonyl (C=O) groups is 1. The lowest BCUT2D eigenvalue weighted by atomic mass is 9.93. The molecule has 1 atom stereocenters. The molecule has 0 spiro atoms. The Morgan fingerprint density at radius 3 is 1.62 bits per heavy atom. The van der Waals surface area contributed by atoms with Crippen LogP contribution in [0.15, 0.2) is 78.9 Å². The number of carboxylic acid groups (broad SMARTS) is 1. The molecule has 0 radical (unpaired) electrons. The Morgan fingerprint density at radius 1 is 0.625 bits per heavy atom. The van der Waals surface area contributed by atoms with Crippen molar-refractivity contribution in [1.29, 1.82) is 0 Å². The van der Waals surface area contributed by atoms with E-state index >= 15 is 0 Å². The van der Waals surface area contributed by atoms with Crippen LogP contribution in [0.25, 0.3) is 11.1 Å². The predicted octanol–water partition coefficient (Wildman–Crippen LogP) is 5.25. The zero-order valence-electron chi connectivity index (χ0n) is 18.4. The summed E-state index contributed by atoms with van der Waals surface area (Å²) >= 11 is 0. The molecule has 4 nitrogen and oxygen atoms in total. The van der Waals surface area contributed by atoms with Gasteiger partial charge in [-0.2, -0.15) is 0 Å². The molecule has 0 aliphatic heterocycles. The lowest BCUT2D eigenvalue weighted by molar-refractivity contribution is -0.142. The Hall–Kier alpha value is -2.95. The van der Waals surface area contributed by atoms with Gasteiger partial charge >= 0.3 is 5.97 Å². The van der Waals surface area contributed by atoms with Crippen LogP contribution in [0.1, 0.15) is 42.4 Å². The minimum Gasteiger partial charge on any atom is -0.481 e. The van der Waals surface area contributed by atoms with Gasteiger partial charge in [-0.15, -0.1) is 0 Å². The van der Waals surface area contributed by atoms with Crippen LogP contribution in [-0.4, -0.2) is 27.6 Å². The Kier molecular flexibility index (Phi) is 9.02. The number of benzene rings is 3. The lowest BCUT2D eigenvalue weighted by Crippen LogP contribution is -2.15. The van der Waals surface area contributed by atoms with Crippen LogP contribution < -0.4 is 0 Å². The molecular weight excluding hydrogens is 400 g/mol. The summed E-state index contributed by atoms with van der Waals surface area (Å²) < 4.78 is 0. The van der Waals surface area contributed by atoms with Crippen molar-refractivity contribution >= 4 is 5.97 Å². The second kappa shape index (κ2) is 12.2. The van der Waals surface area contributed by atoms with Crippen molar-refractivity contribution in [2.75, 3.05) is 0 Å². The summed E-state index contributed by atoms with van der Waals surface area (Å²) in [6, 6.07) is 26.6. The molecule has 1 unspecified atom stereocenters. The number of aryl methyl sites for hydroxylation is 3. The Balaban J connectivity index is 1.49. The molecule has 3 aromatic carbocycles. The smallest absolute Gasteiger partial charge is 0.306 e. The molecule has 3 N–H and O–H groups in total. The highest BCUT2D eigenvalue weighted by molar-refractivity contribution is 5.70. The molecule has 0 aromatic heterocycles. The fourth-order valence-electron chi connectivity index (χ4n) is 3.95. The second-order valence-corrected chi connectivity index (χ2v) is 8.36. The first-order chi connectivity index (χ1) is 15.5. The topological polar surface area (TPSA) is 77.8 Å². The van der Waals surface area contributed by atoms with Crippen LogP contribution in [0, 0.1) is 5.92 Å². The molecule has 168 valence electrons. The highest BCUT2D eigenvalue weighted by atomic mass is 16.5. The fraction of sp³-hybridized carbons (Fsp3) is 0.321. The molecule has 0 heterocycles. The second-order valence-electron chi connectivity index (χ2n) is 8.36. The van der Waals surface area contributed by atoms with Crippen molar-refractivity contribution in [3.8, 4) is 11.1 Å². The van der Waals surface area contributed by atoms with Crippen LogP contribution in [0.3, 0.4) is 0 Å². The van der Waals surface area contributed by atoms with Crippen molar-refractivity contribution in [1.82, 2.24) is 0 Å². The average molecular weight is 433 g/mol. The summed E-state index contributed by atoms with van der Waals surface area (Å²) in [7, 11) is 0. The van der Waals surface area contributed by atoms with Gasteiger partial charge in [-0.3, -0.25) is 4.79 Å². The van der Waals surface area contributed by atoms with Gasteiger partial charge in [0.25, 0.3) is 0 Å². The molecule has 0 fully saturated rings. The number of aliphatic hydroxyl groups is 2. The van der Waals surface area contributed by atoms with Crippen LogP contribution in [0.2, 0.25) is 0 Å². The predicted molar refractivity (Wildman–Crippen MR) is 127 cm³/mol. The Labute approximate surface area is 190 Å². The quantitative estimate of drug-likeness (QED) is 0.342. The highest BCUT2D eigenvalue weighted by Crippen LogP contribution is 2.23. The van der Waals surface area contributed by atoms with Gasteiger partial charge in [0.2, 0.25) is 0 Å². The molecule has 32 heavy (non-hydrogen) atoms. The number of hydrogen-bond donors (Lipinski definition) is 3. The summed E-state index contributed by atoms with van der Waals surface area (Å²) in [5.41, 5.74) is 5.70. The molecule has 0 bridgehead atoms. The van der Waals surface area contributed by atoms with Gasteiger partial charge in [0, 0.05) is 6.42 Å². The first-order valence-electron chi connectivity index (χ1n) is 11.3. The van der Waals surface area contributed by atoms with Crippen LogP contribution in [0.5, 0.6) is 0 Å². The molecule has 0 saturated heterocycles. The minimum atomic E-state index is -1.27. The third kappa shape index (κ3) is 7.63. The molecule has 0 saturated carbocycles. The number of hydrogen-bond acceptors (Lipinski definition) is 3. The van der Waals surface area contributed by atoms with E-state index in [-0.39, 0.29) is 5.92 Å². The van der Waals surface area contributed by atoms with Crippen LogP contribution in [-0.2, 0) is 24.1 Å². The van der Waals surface area contributed by atoms with Gasteiger partial charge in [0.15, 0.2) is 6.29 Å². The molecule has 0 amide bonds. The Bertz CT molecular complexity index is 947. The van der Waals surface area contributed by atoms with E-state index in [0.29, 0.717) is 25.7 Å². The van der Waals surface area contributed by atoms with Gasteiger partial charge in [-0.05, 0) is 66.3 Å². The normalized spacial score (nSPS) is 12.1. The van der Waals surface area contributed by atoms with Crippen LogP contribution in [0.4, 0.5) is 0 Å². The summed E-state index contributed by atoms with van der Waals surface area (Å²) in [6.45, 7) is 0. The lowest BCUT2D eigenvalue weighted by Gasteiger charge is -2.13. The summed E-state index contributed by atoms with van der Waals surface area (Å²) in [4.78, 5) is 11.7. The van der Waals surface area contributed by atoms with Gasteiger partial charge in [0.1, 0.15) is 0 Å². The Morgan fingerprint density at radius 2 is 1.12 bits per heavy atom. The highest BCUT2D eigenvalue weighted by Gasteiger charge is 2.17. The minimum absolute atomic E-state index is 0.316. The summed E-state index contributed by atoms with van der Waals surface area (Å²) in [5, 5.41) is 27.6. The van der Waals surface area contributed by atoms with E-state index < -0.39 is 12.3 Å². The van der Waals surface area contributed by atoms with Crippen molar-refractivity contribution in [3.05, 3.63) is 95.6 Å². The molecule has 0 aliphatic carbocycles. The first-order valence-corrected chi connectivity index (χ1v) is 11.3. The third-order valence-corrected chi connectivity index (χ3v) is 5.92. The van der Waals surface area contributed by atoms with Crippen LogP contribution >= 0.6 is 0 Å². The number of carboxylic acids is 1. The van der Waals surface area contributed by atoms with E-state index in [1.165, 1.54) is 5.56 Å². The zero-order chi connectivity index (χ0) is 22.8. The van der Waals surface area contributed by atoms with Crippen molar-refractivity contribution in [2.45, 2.75) is 51.2 Å². The van der Waals surface area contributed by atoms with Gasteiger partial charge in [-0.1, -0.05) is 78.9 Å². The summed E-state index contributed by atoms with van der Waals surface area (Å²) in [5.74, 6) is -1.02. The molecule has 3 rings (SSSR count). The largest absolute Gasteiger partial charge is 0.481 e. The van der Waals surface area contributed by atoms with Gasteiger partial charge in [-0.25, -0.2) is 0 Å². The van der Waals surface area contributed by atoms with Gasteiger partial charge in [0.05, 0.1) is 5.92 Å². The van der Waals surface area contributed by atoms with Gasteiger partial charge < -0.3 is 15.3 Å². The molecular formula is C28H32O4. The number of aliphatic hydroxyl groups excluding tert-OH is 1. The maximum Gasteiger partial charge on any atom is 0.306 e. The third-order valence-electron chi connectivity index (χ3n) is 5.92. The van der Waals surface area contributed by atoms with Crippen molar-refractivity contribution < 1.29 is 20.1 Å². The van der Waals surface area contributed by atoms with Crippen molar-refractivity contribution in [3.63, 3.8) is 0 Å².